The van der Waals surface area contributed by atoms with Crippen LogP contribution in [0, 0.1) is 0 Å². The number of carbonyl (C=O) groups is 2. The highest BCUT2D eigenvalue weighted by Gasteiger charge is 2.35. The first-order valence-electron chi connectivity index (χ1n) is 13.2. The number of anilines is 2. The van der Waals surface area contributed by atoms with Crippen LogP contribution < -0.4 is 24.4 Å². The molecular weight excluding hydrogens is 578 g/mol. The zero-order valence-corrected chi connectivity index (χ0v) is 24.8. The van der Waals surface area contributed by atoms with Gasteiger partial charge in [-0.3, -0.25) is 14.3 Å². The van der Waals surface area contributed by atoms with Gasteiger partial charge in [0.25, 0.3) is 16.0 Å². The van der Waals surface area contributed by atoms with Crippen LogP contribution in [-0.2, 0) is 25.6 Å². The molecule has 1 aliphatic rings. The SMILES string of the molecule is COc1cc2cc(C(=O)N3CC(COS(C)(=O)=O)c4ccc(NC(=O)OCc5ccccc5)cc43)[nH]c2c(OC)c1OC. The second-order valence-corrected chi connectivity index (χ2v) is 11.5. The van der Waals surface area contributed by atoms with Crippen molar-refractivity contribution in [3.8, 4) is 17.2 Å². The van der Waals surface area contributed by atoms with Crippen molar-refractivity contribution in [2.24, 2.45) is 0 Å². The highest BCUT2D eigenvalue weighted by atomic mass is 32.2. The molecule has 0 radical (unpaired) electrons. The summed E-state index contributed by atoms with van der Waals surface area (Å²) in [6.07, 6.45) is 0.308. The Labute approximate surface area is 248 Å². The molecule has 0 bridgehead atoms. The standard InChI is InChI=1S/C30H31N3O9S/c1-38-25-13-19-12-23(32-26(19)28(40-3)27(25)39-2)29(34)33-15-20(17-42-43(4,36)37)22-11-10-21(14-24(22)33)31-30(35)41-16-18-8-6-5-7-9-18/h5-14,20,32H,15-17H2,1-4H3,(H,31,35). The van der Waals surface area contributed by atoms with Crippen molar-refractivity contribution < 1.29 is 41.1 Å². The molecule has 12 nitrogen and oxygen atoms in total. The van der Waals surface area contributed by atoms with Crippen LogP contribution in [0.1, 0.15) is 27.5 Å². The van der Waals surface area contributed by atoms with Gasteiger partial charge in [0.1, 0.15) is 12.3 Å². The summed E-state index contributed by atoms with van der Waals surface area (Å²) in [4.78, 5) is 31.1. The fourth-order valence-corrected chi connectivity index (χ4v) is 5.45. The van der Waals surface area contributed by atoms with Gasteiger partial charge in [-0.05, 0) is 35.4 Å². The van der Waals surface area contributed by atoms with Crippen LogP contribution in [-0.4, -0.2) is 66.1 Å². The number of aromatic amines is 1. The number of fused-ring (bicyclic) bond motifs is 2. The predicted octanol–water partition coefficient (Wildman–Crippen LogP) is 4.66. The first-order valence-corrected chi connectivity index (χ1v) is 15.0. The number of benzene rings is 3. The summed E-state index contributed by atoms with van der Waals surface area (Å²) in [6.45, 7) is 0.0771. The molecule has 43 heavy (non-hydrogen) atoms. The molecule has 4 aromatic rings. The number of H-pyrrole nitrogens is 1. The van der Waals surface area contributed by atoms with E-state index in [0.29, 0.717) is 45.1 Å². The van der Waals surface area contributed by atoms with E-state index in [9.17, 15) is 18.0 Å². The van der Waals surface area contributed by atoms with Gasteiger partial charge in [-0.2, -0.15) is 8.42 Å². The number of carbonyl (C=O) groups excluding carboxylic acids is 2. The molecule has 3 aromatic carbocycles. The average Bonchev–Trinajstić information content (AvgIpc) is 3.59. The second kappa shape index (κ2) is 12.2. The molecular formula is C30H31N3O9S. The van der Waals surface area contributed by atoms with Crippen LogP contribution >= 0.6 is 0 Å². The van der Waals surface area contributed by atoms with Crippen molar-refractivity contribution in [1.82, 2.24) is 4.98 Å². The van der Waals surface area contributed by atoms with Gasteiger partial charge in [-0.1, -0.05) is 36.4 Å². The van der Waals surface area contributed by atoms with Crippen LogP contribution in [0.4, 0.5) is 16.2 Å². The van der Waals surface area contributed by atoms with Crippen LogP contribution in [0.25, 0.3) is 10.9 Å². The molecule has 0 spiro atoms. The Balaban J connectivity index is 1.45. The summed E-state index contributed by atoms with van der Waals surface area (Å²) in [5.74, 6) is 0.356. The van der Waals surface area contributed by atoms with Gasteiger partial charge in [-0.15, -0.1) is 0 Å². The number of rotatable bonds is 10. The van der Waals surface area contributed by atoms with Crippen molar-refractivity contribution in [2.75, 3.05) is 51.0 Å². The molecule has 226 valence electrons. The van der Waals surface area contributed by atoms with E-state index in [1.54, 1.807) is 30.3 Å². The maximum Gasteiger partial charge on any atom is 0.411 e. The Hall–Kier alpha value is -4.75. The summed E-state index contributed by atoms with van der Waals surface area (Å²) < 4.78 is 50.4. The van der Waals surface area contributed by atoms with Crippen molar-refractivity contribution in [3.05, 3.63) is 77.5 Å². The molecule has 0 saturated heterocycles. The molecule has 13 heteroatoms. The van der Waals surface area contributed by atoms with E-state index in [1.165, 1.54) is 26.2 Å². The molecule has 0 aliphatic carbocycles. The predicted molar refractivity (Wildman–Crippen MR) is 160 cm³/mol. The molecule has 0 saturated carbocycles. The average molecular weight is 610 g/mol. The Morgan fingerprint density at radius 2 is 1.72 bits per heavy atom. The first-order chi connectivity index (χ1) is 20.6. The number of hydrogen-bond acceptors (Lipinski definition) is 9. The lowest BCUT2D eigenvalue weighted by Crippen LogP contribution is -2.31. The Morgan fingerprint density at radius 3 is 2.40 bits per heavy atom. The largest absolute Gasteiger partial charge is 0.493 e. The lowest BCUT2D eigenvalue weighted by Gasteiger charge is -2.18. The highest BCUT2D eigenvalue weighted by molar-refractivity contribution is 7.85. The number of methoxy groups -OCH3 is 3. The van der Waals surface area contributed by atoms with Gasteiger partial charge >= 0.3 is 6.09 Å². The van der Waals surface area contributed by atoms with Crippen molar-refractivity contribution in [1.29, 1.82) is 0 Å². The minimum atomic E-state index is -3.72. The topological polar surface area (TPSA) is 145 Å². The maximum atomic E-state index is 13.9. The fraction of sp³-hybridized carbons (Fsp3) is 0.267. The normalized spacial score (nSPS) is 14.3. The summed E-state index contributed by atoms with van der Waals surface area (Å²) in [6, 6.07) is 17.7. The molecule has 2 heterocycles. The molecule has 1 aliphatic heterocycles. The quantitative estimate of drug-likeness (QED) is 0.245. The van der Waals surface area contributed by atoms with Gasteiger partial charge in [0, 0.05) is 29.2 Å². The number of nitrogens with zero attached hydrogens (tertiary/aromatic N) is 1. The van der Waals surface area contributed by atoms with E-state index >= 15 is 0 Å². The highest BCUT2D eigenvalue weighted by Crippen LogP contribution is 2.44. The minimum absolute atomic E-state index is 0.0898. The summed E-state index contributed by atoms with van der Waals surface area (Å²) in [5.41, 5.74) is 3.21. The lowest BCUT2D eigenvalue weighted by atomic mass is 10.0. The molecule has 5 rings (SSSR count). The lowest BCUT2D eigenvalue weighted by molar-refractivity contribution is 0.0983. The maximum absolute atomic E-state index is 13.9. The molecule has 1 aromatic heterocycles. The summed E-state index contributed by atoms with van der Waals surface area (Å²) in [5, 5.41) is 3.35. The third-order valence-corrected chi connectivity index (χ3v) is 7.57. The van der Waals surface area contributed by atoms with Gasteiger partial charge in [0.05, 0.1) is 39.7 Å². The number of amides is 2. The van der Waals surface area contributed by atoms with E-state index < -0.39 is 22.1 Å². The van der Waals surface area contributed by atoms with E-state index in [-0.39, 0.29) is 31.4 Å². The molecule has 2 amide bonds. The Morgan fingerprint density at radius 1 is 0.977 bits per heavy atom. The van der Waals surface area contributed by atoms with Crippen LogP contribution in [0.5, 0.6) is 17.2 Å². The van der Waals surface area contributed by atoms with Crippen LogP contribution in [0.2, 0.25) is 0 Å². The monoisotopic (exact) mass is 609 g/mol. The fourth-order valence-electron chi connectivity index (χ4n) is 5.04. The number of ether oxygens (including phenoxy) is 4. The first kappa shape index (κ1) is 29.7. The van der Waals surface area contributed by atoms with Gasteiger partial charge in [0.15, 0.2) is 11.5 Å². The number of hydrogen-bond donors (Lipinski definition) is 2. The van der Waals surface area contributed by atoms with Gasteiger partial charge < -0.3 is 28.8 Å². The zero-order chi connectivity index (χ0) is 30.7. The third kappa shape index (κ3) is 6.37. The second-order valence-electron chi connectivity index (χ2n) is 9.85. The number of nitrogens with one attached hydrogen (secondary N) is 2. The van der Waals surface area contributed by atoms with E-state index in [2.05, 4.69) is 10.3 Å². The molecule has 1 atom stereocenters. The van der Waals surface area contributed by atoms with E-state index in [0.717, 1.165) is 11.8 Å². The summed E-state index contributed by atoms with van der Waals surface area (Å²) in [7, 11) is 0.766. The smallest absolute Gasteiger partial charge is 0.411 e. The molecule has 0 fully saturated rings. The Kier molecular flexibility index (Phi) is 8.46. The zero-order valence-electron chi connectivity index (χ0n) is 24.0. The Bertz CT molecular complexity index is 1770. The number of aromatic nitrogens is 1. The van der Waals surface area contributed by atoms with E-state index in [4.69, 9.17) is 23.1 Å². The minimum Gasteiger partial charge on any atom is -0.493 e. The summed E-state index contributed by atoms with van der Waals surface area (Å²) >= 11 is 0. The van der Waals surface area contributed by atoms with E-state index in [1.807, 2.05) is 30.3 Å². The van der Waals surface area contributed by atoms with Crippen molar-refractivity contribution in [2.45, 2.75) is 12.5 Å². The molecule has 2 N–H and O–H groups in total. The van der Waals surface area contributed by atoms with Crippen LogP contribution in [0.15, 0.2) is 60.7 Å². The van der Waals surface area contributed by atoms with Crippen LogP contribution in [0.3, 0.4) is 0 Å². The van der Waals surface area contributed by atoms with Crippen molar-refractivity contribution in [3.63, 3.8) is 0 Å². The molecule has 1 unspecified atom stereocenters. The third-order valence-electron chi connectivity index (χ3n) is 7.00. The van der Waals surface area contributed by atoms with Gasteiger partial charge in [0.2, 0.25) is 5.75 Å². The van der Waals surface area contributed by atoms with Gasteiger partial charge in [-0.25, -0.2) is 4.79 Å². The van der Waals surface area contributed by atoms with Crippen molar-refractivity contribution >= 4 is 44.4 Å².